The molecule has 0 aliphatic heterocycles. The summed E-state index contributed by atoms with van der Waals surface area (Å²) in [5.41, 5.74) is 0. The first-order valence-electron chi connectivity index (χ1n) is 4.25. The van der Waals surface area contributed by atoms with Gasteiger partial charge in [-0.25, -0.2) is 0 Å². The van der Waals surface area contributed by atoms with Crippen molar-refractivity contribution < 1.29 is 35.5 Å². The van der Waals surface area contributed by atoms with Gasteiger partial charge < -0.3 is 4.74 Å². The van der Waals surface area contributed by atoms with Crippen LogP contribution in [0.3, 0.4) is 0 Å². The summed E-state index contributed by atoms with van der Waals surface area (Å²) < 4.78 is 89.7. The summed E-state index contributed by atoms with van der Waals surface area (Å²) in [6.45, 7) is 0. The molecule has 0 spiro atoms. The second kappa shape index (κ2) is 4.74. The molecule has 0 aliphatic carbocycles. The van der Waals surface area contributed by atoms with Crippen molar-refractivity contribution in [2.75, 3.05) is 0 Å². The molecule has 1 nitrogen and oxygen atoms in total. The summed E-state index contributed by atoms with van der Waals surface area (Å²) in [4.78, 5) is 0. The molecule has 0 atom stereocenters. The highest BCUT2D eigenvalue weighted by Gasteiger charge is 2.75. The number of halogens is 8. The van der Waals surface area contributed by atoms with Crippen LogP contribution in [0.25, 0.3) is 0 Å². The van der Waals surface area contributed by atoms with E-state index in [1.54, 1.807) is 0 Å². The average Bonchev–Trinajstić information content (AvgIpc) is 2.19. The van der Waals surface area contributed by atoms with Crippen molar-refractivity contribution in [2.45, 2.75) is 18.2 Å². The zero-order valence-corrected chi connectivity index (χ0v) is 10.4. The lowest BCUT2D eigenvalue weighted by Crippen LogP contribution is -2.55. The van der Waals surface area contributed by atoms with Gasteiger partial charge in [0.25, 0.3) is 0 Å². The molecule has 0 saturated carbocycles. The Bertz CT molecular complexity index is 429. The normalized spacial score (nSPS) is 13.6. The van der Waals surface area contributed by atoms with Gasteiger partial charge >= 0.3 is 18.2 Å². The van der Waals surface area contributed by atoms with E-state index >= 15 is 0 Å². The van der Waals surface area contributed by atoms with Crippen molar-refractivity contribution in [3.8, 4) is 5.75 Å². The van der Waals surface area contributed by atoms with Crippen LogP contribution in [0, 0.1) is 3.57 Å². The van der Waals surface area contributed by atoms with Gasteiger partial charge in [0.05, 0.1) is 3.57 Å². The standard InChI is InChI=1S/C9H4F7IO/c10-7(11,8(12,13)14)9(15,16)18-6-4-2-1-3-5(6)17/h1-4H. The average molecular weight is 388 g/mol. The molecule has 0 radical (unpaired) electrons. The molecule has 18 heavy (non-hydrogen) atoms. The first-order chi connectivity index (χ1) is 7.99. The highest BCUT2D eigenvalue weighted by molar-refractivity contribution is 14.1. The highest BCUT2D eigenvalue weighted by atomic mass is 127. The van der Waals surface area contributed by atoms with Gasteiger partial charge in [-0.15, -0.1) is 0 Å². The van der Waals surface area contributed by atoms with Crippen LogP contribution in [0.5, 0.6) is 5.75 Å². The van der Waals surface area contributed by atoms with Crippen molar-refractivity contribution in [3.63, 3.8) is 0 Å². The first-order valence-corrected chi connectivity index (χ1v) is 5.33. The highest BCUT2D eigenvalue weighted by Crippen LogP contribution is 2.47. The Kier molecular flexibility index (Phi) is 4.03. The van der Waals surface area contributed by atoms with Gasteiger partial charge in [-0.05, 0) is 34.7 Å². The van der Waals surface area contributed by atoms with E-state index in [4.69, 9.17) is 0 Å². The SMILES string of the molecule is FC(F)(F)C(F)(F)C(F)(F)Oc1ccccc1I. The van der Waals surface area contributed by atoms with Gasteiger partial charge in [0.1, 0.15) is 5.75 Å². The number of alkyl halides is 7. The third-order valence-corrected chi connectivity index (χ3v) is 2.69. The van der Waals surface area contributed by atoms with Crippen molar-refractivity contribution in [3.05, 3.63) is 27.8 Å². The lowest BCUT2D eigenvalue weighted by Gasteiger charge is -2.28. The van der Waals surface area contributed by atoms with Crippen LogP contribution in [0.1, 0.15) is 0 Å². The fourth-order valence-electron chi connectivity index (χ4n) is 0.895. The van der Waals surface area contributed by atoms with E-state index in [0.29, 0.717) is 0 Å². The van der Waals surface area contributed by atoms with E-state index in [9.17, 15) is 30.7 Å². The van der Waals surface area contributed by atoms with Gasteiger partial charge in [0.15, 0.2) is 0 Å². The molecule has 0 bridgehead atoms. The zero-order chi connectivity index (χ0) is 14.2. The number of ether oxygens (including phenoxy) is 1. The third-order valence-electron chi connectivity index (χ3n) is 1.80. The summed E-state index contributed by atoms with van der Waals surface area (Å²) >= 11 is 1.47. The van der Waals surface area contributed by atoms with E-state index in [2.05, 4.69) is 4.74 Å². The smallest absolute Gasteiger partial charge is 0.427 e. The van der Waals surface area contributed by atoms with Gasteiger partial charge in [0, 0.05) is 0 Å². The van der Waals surface area contributed by atoms with Crippen molar-refractivity contribution in [2.24, 2.45) is 0 Å². The van der Waals surface area contributed by atoms with Crippen LogP contribution in [-0.2, 0) is 0 Å². The number of benzene rings is 1. The summed E-state index contributed by atoms with van der Waals surface area (Å²) in [6, 6.07) is 4.63. The molecule has 1 rings (SSSR count). The lowest BCUT2D eigenvalue weighted by atomic mass is 10.3. The molecule has 1 aromatic carbocycles. The lowest BCUT2D eigenvalue weighted by molar-refractivity contribution is -0.403. The minimum absolute atomic E-state index is 0.0206. The summed E-state index contributed by atoms with van der Waals surface area (Å²) in [5.74, 6) is -7.04. The van der Waals surface area contributed by atoms with Crippen molar-refractivity contribution in [1.82, 2.24) is 0 Å². The Morgan fingerprint density at radius 1 is 0.889 bits per heavy atom. The second-order valence-electron chi connectivity index (χ2n) is 3.12. The van der Waals surface area contributed by atoms with Crippen molar-refractivity contribution in [1.29, 1.82) is 0 Å². The second-order valence-corrected chi connectivity index (χ2v) is 4.28. The van der Waals surface area contributed by atoms with Crippen molar-refractivity contribution >= 4 is 22.6 Å². The quantitative estimate of drug-likeness (QED) is 0.549. The number of para-hydroxylation sites is 1. The molecule has 0 unspecified atom stereocenters. The predicted octanol–water partition coefficient (Wildman–Crippen LogP) is 4.46. The van der Waals surface area contributed by atoms with Crippen LogP contribution in [0.2, 0.25) is 0 Å². The Morgan fingerprint density at radius 3 is 1.83 bits per heavy atom. The fourth-order valence-corrected chi connectivity index (χ4v) is 1.39. The Labute approximate surface area is 110 Å². The maximum absolute atomic E-state index is 12.9. The van der Waals surface area contributed by atoms with Crippen LogP contribution in [0.4, 0.5) is 30.7 Å². The van der Waals surface area contributed by atoms with Crippen LogP contribution in [0.15, 0.2) is 24.3 Å². The molecule has 0 fully saturated rings. The monoisotopic (exact) mass is 388 g/mol. The van der Waals surface area contributed by atoms with E-state index in [1.165, 1.54) is 40.8 Å². The number of rotatable bonds is 3. The minimum Gasteiger partial charge on any atom is -0.427 e. The summed E-state index contributed by atoms with van der Waals surface area (Å²) in [5, 5.41) is 0. The molecule has 9 heteroatoms. The fraction of sp³-hybridized carbons (Fsp3) is 0.333. The molecule has 0 aliphatic rings. The van der Waals surface area contributed by atoms with E-state index in [1.807, 2.05) is 0 Å². The van der Waals surface area contributed by atoms with Gasteiger partial charge in [-0.3, -0.25) is 0 Å². The molecule has 102 valence electrons. The molecular formula is C9H4F7IO. The molecule has 0 heterocycles. The third kappa shape index (κ3) is 2.81. The molecule has 1 aromatic rings. The summed E-state index contributed by atoms with van der Waals surface area (Å²) in [6.07, 6.45) is -12.1. The minimum atomic E-state index is -6.41. The Hall–Kier alpha value is -0.740. The van der Waals surface area contributed by atoms with E-state index in [0.717, 1.165) is 6.07 Å². The first kappa shape index (κ1) is 15.3. The zero-order valence-electron chi connectivity index (χ0n) is 8.24. The van der Waals surface area contributed by atoms with Gasteiger partial charge in [0.2, 0.25) is 0 Å². The number of hydrogen-bond acceptors (Lipinski definition) is 1. The molecule has 0 N–H and O–H groups in total. The van der Waals surface area contributed by atoms with E-state index in [-0.39, 0.29) is 3.57 Å². The van der Waals surface area contributed by atoms with E-state index < -0.39 is 24.0 Å². The predicted molar refractivity (Wildman–Crippen MR) is 55.7 cm³/mol. The Balaban J connectivity index is 3.06. The largest absolute Gasteiger partial charge is 0.474 e. The Morgan fingerprint density at radius 2 is 1.39 bits per heavy atom. The topological polar surface area (TPSA) is 9.23 Å². The molecule has 0 aromatic heterocycles. The van der Waals surface area contributed by atoms with Crippen LogP contribution in [-0.4, -0.2) is 18.2 Å². The van der Waals surface area contributed by atoms with Crippen LogP contribution < -0.4 is 4.74 Å². The molecule has 0 amide bonds. The number of hydrogen-bond donors (Lipinski definition) is 0. The van der Waals surface area contributed by atoms with Gasteiger partial charge in [-0.2, -0.15) is 30.7 Å². The summed E-state index contributed by atoms with van der Waals surface area (Å²) in [7, 11) is 0. The van der Waals surface area contributed by atoms with Gasteiger partial charge in [-0.1, -0.05) is 12.1 Å². The maximum Gasteiger partial charge on any atom is 0.474 e. The van der Waals surface area contributed by atoms with Crippen LogP contribution >= 0.6 is 22.6 Å². The maximum atomic E-state index is 12.9. The molecular weight excluding hydrogens is 384 g/mol. The molecule has 0 saturated heterocycles.